The fourth-order valence-corrected chi connectivity index (χ4v) is 3.48. The number of nitrogens with one attached hydrogen (secondary N) is 1. The van der Waals surface area contributed by atoms with Gasteiger partial charge >= 0.3 is 0 Å². The Balaban J connectivity index is 0.00000261. The van der Waals surface area contributed by atoms with Crippen LogP contribution in [0.1, 0.15) is 29.6 Å². The van der Waals surface area contributed by atoms with E-state index in [0.717, 1.165) is 19.3 Å². The molecule has 2 atom stereocenters. The summed E-state index contributed by atoms with van der Waals surface area (Å²) in [5, 5.41) is 2.87. The maximum Gasteiger partial charge on any atom is 0.254 e. The predicted octanol–water partition coefficient (Wildman–Crippen LogP) is 3.92. The van der Waals surface area contributed by atoms with Gasteiger partial charge in [0.2, 0.25) is 0 Å². The van der Waals surface area contributed by atoms with Crippen molar-refractivity contribution in [3.05, 3.63) is 53.6 Å². The van der Waals surface area contributed by atoms with E-state index in [-0.39, 0.29) is 35.5 Å². The third-order valence-corrected chi connectivity index (χ3v) is 4.98. The van der Waals surface area contributed by atoms with Crippen LogP contribution >= 0.6 is 12.4 Å². The average molecular weight is 397 g/mol. The molecule has 2 unspecified atom stereocenters. The summed E-state index contributed by atoms with van der Waals surface area (Å²) in [7, 11) is 1.45. The van der Waals surface area contributed by atoms with E-state index in [2.05, 4.69) is 5.32 Å². The van der Waals surface area contributed by atoms with E-state index in [4.69, 9.17) is 10.5 Å². The summed E-state index contributed by atoms with van der Waals surface area (Å²) in [5.74, 6) is -1.05. The predicted molar refractivity (Wildman–Crippen MR) is 103 cm³/mol. The number of carbonyl (C=O) groups excluding carboxylic acids is 1. The summed E-state index contributed by atoms with van der Waals surface area (Å²) in [4.78, 5) is 12.4. The van der Waals surface area contributed by atoms with Gasteiger partial charge in [0.15, 0.2) is 0 Å². The summed E-state index contributed by atoms with van der Waals surface area (Å²) in [6.07, 6.45) is 2.83. The Hall–Kier alpha value is -2.18. The highest BCUT2D eigenvalue weighted by atomic mass is 35.5. The standard InChI is InChI=1S/C20H22F2N2O2.ClH/c1-26-14-6-8-15(18(22)10-14)12-5-7-16(17(21)9-12)20(25)24-19-4-2-3-13(19)11-23;/h5-10,13,19H,2-4,11,23H2,1H3,(H,24,25);1H. The zero-order valence-electron chi connectivity index (χ0n) is 15.0. The van der Waals surface area contributed by atoms with Crippen molar-refractivity contribution in [3.63, 3.8) is 0 Å². The van der Waals surface area contributed by atoms with Crippen molar-refractivity contribution in [1.29, 1.82) is 0 Å². The zero-order valence-corrected chi connectivity index (χ0v) is 15.8. The maximum atomic E-state index is 14.5. The quantitative estimate of drug-likeness (QED) is 0.805. The van der Waals surface area contributed by atoms with Crippen LogP contribution in [0.4, 0.5) is 8.78 Å². The number of rotatable bonds is 5. The van der Waals surface area contributed by atoms with Gasteiger partial charge in [0.25, 0.3) is 5.91 Å². The molecule has 4 nitrogen and oxygen atoms in total. The lowest BCUT2D eigenvalue weighted by Crippen LogP contribution is -2.40. The number of hydrogen-bond acceptors (Lipinski definition) is 3. The number of ether oxygens (including phenoxy) is 1. The van der Waals surface area contributed by atoms with E-state index < -0.39 is 17.5 Å². The van der Waals surface area contributed by atoms with Crippen molar-refractivity contribution in [1.82, 2.24) is 5.32 Å². The Morgan fingerprint density at radius 3 is 2.59 bits per heavy atom. The molecule has 0 heterocycles. The first-order valence-electron chi connectivity index (χ1n) is 8.68. The lowest BCUT2D eigenvalue weighted by atomic mass is 10.0. The third-order valence-electron chi connectivity index (χ3n) is 4.98. The third kappa shape index (κ3) is 4.57. The highest BCUT2D eigenvalue weighted by Gasteiger charge is 2.28. The van der Waals surface area contributed by atoms with Gasteiger partial charge in [0, 0.05) is 17.7 Å². The van der Waals surface area contributed by atoms with Crippen LogP contribution in [0.2, 0.25) is 0 Å². The first kappa shape index (κ1) is 21.1. The fourth-order valence-electron chi connectivity index (χ4n) is 3.48. The average Bonchev–Trinajstić information content (AvgIpc) is 3.08. The van der Waals surface area contributed by atoms with E-state index in [0.29, 0.717) is 17.9 Å². The maximum absolute atomic E-state index is 14.5. The molecule has 3 rings (SSSR count). The summed E-state index contributed by atoms with van der Waals surface area (Å²) >= 11 is 0. The summed E-state index contributed by atoms with van der Waals surface area (Å²) in [6, 6.07) is 8.44. The smallest absolute Gasteiger partial charge is 0.254 e. The topological polar surface area (TPSA) is 64.3 Å². The van der Waals surface area contributed by atoms with E-state index in [1.807, 2.05) is 0 Å². The van der Waals surface area contributed by atoms with E-state index in [1.54, 1.807) is 6.07 Å². The van der Waals surface area contributed by atoms with Crippen molar-refractivity contribution in [2.45, 2.75) is 25.3 Å². The Bertz CT molecular complexity index is 817. The van der Waals surface area contributed by atoms with Gasteiger partial charge in [-0.3, -0.25) is 4.79 Å². The molecular weight excluding hydrogens is 374 g/mol. The number of methoxy groups -OCH3 is 1. The molecule has 146 valence electrons. The van der Waals surface area contributed by atoms with Crippen molar-refractivity contribution < 1.29 is 18.3 Å². The molecule has 1 fully saturated rings. The van der Waals surface area contributed by atoms with Gasteiger partial charge < -0.3 is 15.8 Å². The Morgan fingerprint density at radius 1 is 1.19 bits per heavy atom. The lowest BCUT2D eigenvalue weighted by Gasteiger charge is -2.19. The van der Waals surface area contributed by atoms with Gasteiger partial charge in [-0.05, 0) is 55.1 Å². The summed E-state index contributed by atoms with van der Waals surface area (Å²) in [6.45, 7) is 0.503. The molecule has 7 heteroatoms. The number of carbonyl (C=O) groups is 1. The Kier molecular flexibility index (Phi) is 7.16. The Labute approximate surface area is 163 Å². The second-order valence-electron chi connectivity index (χ2n) is 6.55. The fraction of sp³-hybridized carbons (Fsp3) is 0.350. The van der Waals surface area contributed by atoms with Crippen molar-refractivity contribution in [2.24, 2.45) is 11.7 Å². The van der Waals surface area contributed by atoms with Crippen LogP contribution in [0.5, 0.6) is 5.75 Å². The molecule has 0 aromatic heterocycles. The summed E-state index contributed by atoms with van der Waals surface area (Å²) in [5.41, 5.74) is 6.27. The van der Waals surface area contributed by atoms with Crippen LogP contribution in [-0.2, 0) is 0 Å². The van der Waals surface area contributed by atoms with E-state index in [9.17, 15) is 13.6 Å². The van der Waals surface area contributed by atoms with E-state index >= 15 is 0 Å². The lowest BCUT2D eigenvalue weighted by molar-refractivity contribution is 0.0924. The van der Waals surface area contributed by atoms with Gasteiger partial charge in [-0.25, -0.2) is 8.78 Å². The van der Waals surface area contributed by atoms with Gasteiger partial charge in [-0.1, -0.05) is 12.5 Å². The molecule has 0 aliphatic heterocycles. The van der Waals surface area contributed by atoms with Crippen molar-refractivity contribution in [2.75, 3.05) is 13.7 Å². The van der Waals surface area contributed by atoms with Gasteiger partial charge in [0.05, 0.1) is 12.7 Å². The number of nitrogens with two attached hydrogens (primary N) is 1. The molecule has 0 spiro atoms. The SMILES string of the molecule is COc1ccc(-c2ccc(C(=O)NC3CCCC3CN)c(F)c2)c(F)c1.Cl. The van der Waals surface area contributed by atoms with Crippen LogP contribution in [0, 0.1) is 17.6 Å². The first-order valence-corrected chi connectivity index (χ1v) is 8.68. The number of hydrogen-bond donors (Lipinski definition) is 2. The molecule has 0 radical (unpaired) electrons. The summed E-state index contributed by atoms with van der Waals surface area (Å²) < 4.78 is 33.6. The van der Waals surface area contributed by atoms with Crippen molar-refractivity contribution >= 4 is 18.3 Å². The number of amides is 1. The molecule has 0 bridgehead atoms. The van der Waals surface area contributed by atoms with Crippen LogP contribution in [0.25, 0.3) is 11.1 Å². The highest BCUT2D eigenvalue weighted by Crippen LogP contribution is 2.28. The van der Waals surface area contributed by atoms with Crippen LogP contribution in [0.15, 0.2) is 36.4 Å². The molecule has 2 aromatic carbocycles. The molecule has 2 aromatic rings. The highest BCUT2D eigenvalue weighted by molar-refractivity contribution is 5.95. The first-order chi connectivity index (χ1) is 12.5. The van der Waals surface area contributed by atoms with Crippen LogP contribution in [-0.4, -0.2) is 25.6 Å². The normalized spacial score (nSPS) is 18.7. The second-order valence-corrected chi connectivity index (χ2v) is 6.55. The number of benzene rings is 2. The number of halogens is 3. The van der Waals surface area contributed by atoms with Crippen molar-refractivity contribution in [3.8, 4) is 16.9 Å². The van der Waals surface area contributed by atoms with Gasteiger partial charge in [0.1, 0.15) is 17.4 Å². The minimum absolute atomic E-state index is 0. The zero-order chi connectivity index (χ0) is 18.7. The minimum Gasteiger partial charge on any atom is -0.497 e. The minimum atomic E-state index is -0.683. The van der Waals surface area contributed by atoms with Gasteiger partial charge in [-0.15, -0.1) is 12.4 Å². The molecule has 1 saturated carbocycles. The second kappa shape index (κ2) is 9.15. The van der Waals surface area contributed by atoms with Crippen LogP contribution in [0.3, 0.4) is 0 Å². The molecule has 1 amide bonds. The largest absolute Gasteiger partial charge is 0.497 e. The van der Waals surface area contributed by atoms with E-state index in [1.165, 1.54) is 37.4 Å². The molecular formula is C20H23ClF2N2O2. The molecule has 1 aliphatic rings. The monoisotopic (exact) mass is 396 g/mol. The molecule has 3 N–H and O–H groups in total. The molecule has 27 heavy (non-hydrogen) atoms. The van der Waals surface area contributed by atoms with Crippen LogP contribution < -0.4 is 15.8 Å². The Morgan fingerprint density at radius 2 is 1.96 bits per heavy atom. The van der Waals surface area contributed by atoms with Gasteiger partial charge in [-0.2, -0.15) is 0 Å². The molecule has 1 aliphatic carbocycles. The molecule has 0 saturated heterocycles.